The minimum Gasteiger partial charge on any atom is -0.467 e. The summed E-state index contributed by atoms with van der Waals surface area (Å²) in [5, 5.41) is 2.94. The number of nitrogens with one attached hydrogen (secondary N) is 1. The first kappa shape index (κ1) is 20.2. The van der Waals surface area contributed by atoms with E-state index in [2.05, 4.69) is 10.2 Å². The van der Waals surface area contributed by atoms with Gasteiger partial charge in [0, 0.05) is 29.9 Å². The van der Waals surface area contributed by atoms with Crippen LogP contribution in [0.25, 0.3) is 0 Å². The van der Waals surface area contributed by atoms with Crippen LogP contribution in [0.2, 0.25) is 0 Å². The second kappa shape index (κ2) is 8.75. The number of carbonyl (C=O) groups is 1. The molecule has 6 nitrogen and oxygen atoms in total. The lowest BCUT2D eigenvalue weighted by Gasteiger charge is -2.29. The Kier molecular flexibility index (Phi) is 5.90. The van der Waals surface area contributed by atoms with Gasteiger partial charge in [-0.1, -0.05) is 18.2 Å². The molecule has 4 rings (SSSR count). The molecule has 0 radical (unpaired) electrons. The van der Waals surface area contributed by atoms with Crippen LogP contribution in [0.5, 0.6) is 0 Å². The van der Waals surface area contributed by atoms with Crippen molar-refractivity contribution < 1.29 is 18.3 Å². The van der Waals surface area contributed by atoms with Gasteiger partial charge in [0.25, 0.3) is 5.91 Å². The maximum Gasteiger partial charge on any atom is 0.268 e. The van der Waals surface area contributed by atoms with E-state index in [0.29, 0.717) is 36.8 Å². The summed E-state index contributed by atoms with van der Waals surface area (Å²) in [6.45, 7) is 7.35. The Morgan fingerprint density at radius 2 is 1.90 bits per heavy atom. The Morgan fingerprint density at radius 3 is 2.60 bits per heavy atom. The van der Waals surface area contributed by atoms with Crippen molar-refractivity contribution >= 4 is 11.6 Å². The fourth-order valence-electron chi connectivity index (χ4n) is 4.09. The van der Waals surface area contributed by atoms with Crippen LogP contribution in [-0.4, -0.2) is 36.8 Å². The van der Waals surface area contributed by atoms with E-state index >= 15 is 0 Å². The number of carbonyl (C=O) groups excluding carboxylic acids is 1. The summed E-state index contributed by atoms with van der Waals surface area (Å²) < 4.78 is 27.1. The molecular weight excluding hydrogens is 385 g/mol. The fourth-order valence-corrected chi connectivity index (χ4v) is 4.09. The van der Waals surface area contributed by atoms with Crippen molar-refractivity contribution in [3.8, 4) is 0 Å². The van der Waals surface area contributed by atoms with Crippen molar-refractivity contribution in [1.29, 1.82) is 0 Å². The Bertz CT molecular complexity index is 1020. The maximum atomic E-state index is 14.4. The van der Waals surface area contributed by atoms with E-state index < -0.39 is 0 Å². The normalized spacial score (nSPS) is 14.2. The molecule has 0 aliphatic carbocycles. The van der Waals surface area contributed by atoms with E-state index in [1.165, 1.54) is 6.07 Å². The van der Waals surface area contributed by atoms with E-state index in [1.54, 1.807) is 24.5 Å². The number of anilines is 1. The molecule has 1 N–H and O–H groups in total. The van der Waals surface area contributed by atoms with Gasteiger partial charge < -0.3 is 23.9 Å². The van der Waals surface area contributed by atoms with Gasteiger partial charge in [-0.15, -0.1) is 0 Å². The number of amides is 1. The maximum absolute atomic E-state index is 14.4. The minimum atomic E-state index is -0.280. The van der Waals surface area contributed by atoms with Gasteiger partial charge in [0.05, 0.1) is 38.3 Å². The smallest absolute Gasteiger partial charge is 0.268 e. The molecule has 3 aromatic rings. The molecule has 7 heteroatoms. The van der Waals surface area contributed by atoms with Crippen molar-refractivity contribution in [1.82, 2.24) is 9.88 Å². The van der Waals surface area contributed by atoms with Crippen molar-refractivity contribution in [3.05, 3.63) is 76.8 Å². The van der Waals surface area contributed by atoms with Gasteiger partial charge in [0.1, 0.15) is 17.3 Å². The van der Waals surface area contributed by atoms with E-state index in [4.69, 9.17) is 9.15 Å². The molecule has 3 heterocycles. The largest absolute Gasteiger partial charge is 0.467 e. The Hall–Kier alpha value is -3.06. The lowest BCUT2D eigenvalue weighted by molar-refractivity contribution is 0.0938. The zero-order chi connectivity index (χ0) is 21.1. The third-order valence-electron chi connectivity index (χ3n) is 5.56. The zero-order valence-electron chi connectivity index (χ0n) is 17.3. The standard InChI is InChI=1S/C23H26FN3O3/c1-16-21(26-9-12-29-13-10-26)17(2)27(15-18-6-3-4-8-20(18)24)22(16)23(28)25-14-19-7-5-11-30-19/h3-8,11H,9-10,12-15H2,1-2H3,(H,25,28). The highest BCUT2D eigenvalue weighted by atomic mass is 19.1. The predicted octanol–water partition coefficient (Wildman–Crippen LogP) is 3.65. The van der Waals surface area contributed by atoms with Crippen LogP contribution in [-0.2, 0) is 17.8 Å². The van der Waals surface area contributed by atoms with Gasteiger partial charge in [0.15, 0.2) is 0 Å². The highest BCUT2D eigenvalue weighted by Gasteiger charge is 2.27. The SMILES string of the molecule is Cc1c(N2CCOCC2)c(C)n(Cc2ccccc2F)c1C(=O)NCc1ccco1. The Morgan fingerprint density at radius 1 is 1.13 bits per heavy atom. The van der Waals surface area contributed by atoms with E-state index in [-0.39, 0.29) is 18.3 Å². The molecule has 1 aliphatic heterocycles. The van der Waals surface area contributed by atoms with E-state index in [1.807, 2.05) is 30.5 Å². The van der Waals surface area contributed by atoms with Crippen LogP contribution in [0.4, 0.5) is 10.1 Å². The number of rotatable bonds is 6. The summed E-state index contributed by atoms with van der Waals surface area (Å²) >= 11 is 0. The molecule has 0 bridgehead atoms. The topological polar surface area (TPSA) is 59.6 Å². The molecule has 1 saturated heterocycles. The predicted molar refractivity (Wildman–Crippen MR) is 112 cm³/mol. The van der Waals surface area contributed by atoms with Crippen LogP contribution in [0.3, 0.4) is 0 Å². The lowest BCUT2D eigenvalue weighted by atomic mass is 10.1. The first-order chi connectivity index (χ1) is 14.6. The third-order valence-corrected chi connectivity index (χ3v) is 5.56. The van der Waals surface area contributed by atoms with Crippen LogP contribution >= 0.6 is 0 Å². The fraction of sp³-hybridized carbons (Fsp3) is 0.348. The van der Waals surface area contributed by atoms with Crippen LogP contribution in [0.1, 0.15) is 33.1 Å². The van der Waals surface area contributed by atoms with E-state index in [9.17, 15) is 9.18 Å². The summed E-state index contributed by atoms with van der Waals surface area (Å²) in [7, 11) is 0. The molecule has 2 aromatic heterocycles. The molecule has 158 valence electrons. The van der Waals surface area contributed by atoms with Gasteiger partial charge >= 0.3 is 0 Å². The van der Waals surface area contributed by atoms with Crippen molar-refractivity contribution in [3.63, 3.8) is 0 Å². The summed E-state index contributed by atoms with van der Waals surface area (Å²) in [4.78, 5) is 15.4. The molecule has 1 amide bonds. The van der Waals surface area contributed by atoms with Gasteiger partial charge in [-0.05, 0) is 32.0 Å². The van der Waals surface area contributed by atoms with Crippen LogP contribution in [0, 0.1) is 19.7 Å². The van der Waals surface area contributed by atoms with Crippen LogP contribution < -0.4 is 10.2 Å². The minimum absolute atomic E-state index is 0.206. The first-order valence-corrected chi connectivity index (χ1v) is 10.1. The van der Waals surface area contributed by atoms with Gasteiger partial charge in [-0.25, -0.2) is 4.39 Å². The first-order valence-electron chi connectivity index (χ1n) is 10.1. The zero-order valence-corrected chi connectivity index (χ0v) is 17.3. The molecule has 0 unspecified atom stereocenters. The second-order valence-corrected chi connectivity index (χ2v) is 7.45. The van der Waals surface area contributed by atoms with Gasteiger partial charge in [-0.2, -0.15) is 0 Å². The van der Waals surface area contributed by atoms with E-state index in [0.717, 1.165) is 30.0 Å². The quantitative estimate of drug-likeness (QED) is 0.673. The monoisotopic (exact) mass is 411 g/mol. The molecule has 0 atom stereocenters. The van der Waals surface area contributed by atoms with Gasteiger partial charge in [-0.3, -0.25) is 4.79 Å². The average Bonchev–Trinajstić information content (AvgIpc) is 3.35. The number of morpholine rings is 1. The Labute approximate surface area is 175 Å². The number of hydrogen-bond acceptors (Lipinski definition) is 4. The summed E-state index contributed by atoms with van der Waals surface area (Å²) in [6, 6.07) is 10.3. The number of furan rings is 1. The summed E-state index contributed by atoms with van der Waals surface area (Å²) in [5.74, 6) is 0.194. The lowest BCUT2D eigenvalue weighted by Crippen LogP contribution is -2.36. The second-order valence-electron chi connectivity index (χ2n) is 7.45. The number of halogens is 1. The Balaban J connectivity index is 1.71. The van der Waals surface area contributed by atoms with Crippen LogP contribution in [0.15, 0.2) is 47.1 Å². The molecular formula is C23H26FN3O3. The summed E-state index contributed by atoms with van der Waals surface area (Å²) in [6.07, 6.45) is 1.58. The number of nitrogens with zero attached hydrogens (tertiary/aromatic N) is 2. The number of ether oxygens (including phenoxy) is 1. The summed E-state index contributed by atoms with van der Waals surface area (Å²) in [5.41, 5.74) is 3.95. The van der Waals surface area contributed by atoms with Crippen molar-refractivity contribution in [2.24, 2.45) is 0 Å². The van der Waals surface area contributed by atoms with Crippen molar-refractivity contribution in [2.45, 2.75) is 26.9 Å². The molecule has 1 fully saturated rings. The molecule has 1 aromatic carbocycles. The molecule has 1 aliphatic rings. The number of aromatic nitrogens is 1. The number of benzene rings is 1. The molecule has 0 spiro atoms. The highest BCUT2D eigenvalue weighted by molar-refractivity contribution is 5.96. The molecule has 30 heavy (non-hydrogen) atoms. The molecule has 0 saturated carbocycles. The average molecular weight is 411 g/mol. The third kappa shape index (κ3) is 3.98. The number of hydrogen-bond donors (Lipinski definition) is 1. The van der Waals surface area contributed by atoms with Gasteiger partial charge in [0.2, 0.25) is 0 Å². The van der Waals surface area contributed by atoms with Crippen molar-refractivity contribution in [2.75, 3.05) is 31.2 Å². The highest BCUT2D eigenvalue weighted by Crippen LogP contribution is 2.32.